The van der Waals surface area contributed by atoms with E-state index in [9.17, 15) is 10.2 Å². The van der Waals surface area contributed by atoms with Gasteiger partial charge in [0.2, 0.25) is 0 Å². The topological polar surface area (TPSA) is 92.9 Å². The SMILES string of the molecule is CCCCCCCCCCCCCCOc1ccc(C=Nc2ccc(OCCCCCCCCCCCC)cc2N=Cc2ccc(OCCCCCCCCCCCCCC)cc2O)c(O)c1. The molecular weight excluding hydrogens is 829 g/mol. The fourth-order valence-corrected chi connectivity index (χ4v) is 8.57. The Morgan fingerprint density at radius 2 is 0.597 bits per heavy atom. The summed E-state index contributed by atoms with van der Waals surface area (Å²) in [6.45, 7) is 8.74. The third kappa shape index (κ3) is 28.8. The van der Waals surface area contributed by atoms with Crippen molar-refractivity contribution < 1.29 is 24.4 Å². The number of hydrogen-bond acceptors (Lipinski definition) is 7. The van der Waals surface area contributed by atoms with E-state index < -0.39 is 0 Å². The summed E-state index contributed by atoms with van der Waals surface area (Å²) in [6, 6.07) is 16.5. The van der Waals surface area contributed by atoms with Crippen molar-refractivity contribution in [2.45, 2.75) is 239 Å². The van der Waals surface area contributed by atoms with Crippen LogP contribution in [0.2, 0.25) is 0 Å². The quantitative estimate of drug-likeness (QED) is 0.0435. The minimum absolute atomic E-state index is 0.111. The molecule has 376 valence electrons. The second-order valence-corrected chi connectivity index (χ2v) is 19.1. The maximum Gasteiger partial charge on any atom is 0.128 e. The van der Waals surface area contributed by atoms with Gasteiger partial charge in [-0.3, -0.25) is 9.98 Å². The zero-order valence-electron chi connectivity index (χ0n) is 43.0. The molecule has 0 aliphatic heterocycles. The molecule has 67 heavy (non-hydrogen) atoms. The minimum atomic E-state index is 0.111. The van der Waals surface area contributed by atoms with Crippen molar-refractivity contribution in [1.29, 1.82) is 0 Å². The van der Waals surface area contributed by atoms with Gasteiger partial charge in [-0.05, 0) is 55.7 Å². The molecule has 7 heteroatoms. The summed E-state index contributed by atoms with van der Waals surface area (Å²) in [6.07, 6.45) is 47.4. The fourth-order valence-electron chi connectivity index (χ4n) is 8.57. The Kier molecular flexibility index (Phi) is 34.2. The average Bonchev–Trinajstić information content (AvgIpc) is 3.33. The van der Waals surface area contributed by atoms with Crippen LogP contribution in [0.15, 0.2) is 64.6 Å². The summed E-state index contributed by atoms with van der Waals surface area (Å²) in [5.74, 6) is 2.27. The number of nitrogens with zero attached hydrogens (tertiary/aromatic N) is 2. The summed E-state index contributed by atoms with van der Waals surface area (Å²) in [5, 5.41) is 21.9. The van der Waals surface area contributed by atoms with Gasteiger partial charge in [0.1, 0.15) is 28.7 Å². The number of unbranched alkanes of at least 4 members (excludes halogenated alkanes) is 31. The lowest BCUT2D eigenvalue weighted by molar-refractivity contribution is 0.302. The van der Waals surface area contributed by atoms with Crippen LogP contribution < -0.4 is 14.2 Å². The highest BCUT2D eigenvalue weighted by Crippen LogP contribution is 2.34. The molecule has 0 saturated carbocycles. The molecule has 0 bridgehead atoms. The van der Waals surface area contributed by atoms with Gasteiger partial charge in [-0.15, -0.1) is 0 Å². The van der Waals surface area contributed by atoms with Gasteiger partial charge in [0, 0.05) is 41.8 Å². The van der Waals surface area contributed by atoms with Crippen LogP contribution in [0.5, 0.6) is 28.7 Å². The Balaban J connectivity index is 1.51. The molecule has 0 aromatic heterocycles. The van der Waals surface area contributed by atoms with Crippen LogP contribution in [-0.2, 0) is 0 Å². The van der Waals surface area contributed by atoms with Crippen LogP contribution in [0.25, 0.3) is 0 Å². The normalized spacial score (nSPS) is 11.6. The molecule has 0 aliphatic carbocycles. The van der Waals surface area contributed by atoms with E-state index in [1.807, 2.05) is 42.5 Å². The highest BCUT2D eigenvalue weighted by atomic mass is 16.5. The molecule has 3 rings (SSSR count). The lowest BCUT2D eigenvalue weighted by atomic mass is 10.1. The molecule has 0 fully saturated rings. The van der Waals surface area contributed by atoms with Gasteiger partial charge in [-0.1, -0.05) is 220 Å². The average molecular weight is 925 g/mol. The number of rotatable bonds is 44. The van der Waals surface area contributed by atoms with Crippen LogP contribution in [0.4, 0.5) is 11.4 Å². The number of ether oxygens (including phenoxy) is 3. The number of aromatic hydroxyl groups is 2. The van der Waals surface area contributed by atoms with E-state index in [1.165, 1.54) is 193 Å². The van der Waals surface area contributed by atoms with Crippen molar-refractivity contribution in [3.05, 3.63) is 65.7 Å². The van der Waals surface area contributed by atoms with Crippen LogP contribution in [-0.4, -0.2) is 42.5 Å². The Hall–Kier alpha value is -4.00. The predicted octanol–water partition coefficient (Wildman–Crippen LogP) is 19.1. The van der Waals surface area contributed by atoms with E-state index in [0.29, 0.717) is 53.8 Å². The second-order valence-electron chi connectivity index (χ2n) is 19.1. The Labute approximate surface area is 410 Å². The van der Waals surface area contributed by atoms with Gasteiger partial charge < -0.3 is 24.4 Å². The summed E-state index contributed by atoms with van der Waals surface area (Å²) in [4.78, 5) is 9.57. The largest absolute Gasteiger partial charge is 0.507 e. The number of phenols is 2. The molecule has 0 amide bonds. The third-order valence-corrected chi connectivity index (χ3v) is 12.9. The summed E-state index contributed by atoms with van der Waals surface area (Å²) in [5.41, 5.74) is 2.40. The first-order valence-corrected chi connectivity index (χ1v) is 27.8. The first-order valence-electron chi connectivity index (χ1n) is 27.8. The van der Waals surface area contributed by atoms with Gasteiger partial charge in [0.25, 0.3) is 0 Å². The number of phenolic OH excluding ortho intramolecular Hbond substituents is 2. The second kappa shape index (κ2) is 39.9. The van der Waals surface area contributed by atoms with Crippen LogP contribution in [0, 0.1) is 0 Å². The first-order chi connectivity index (χ1) is 33.0. The third-order valence-electron chi connectivity index (χ3n) is 12.9. The summed E-state index contributed by atoms with van der Waals surface area (Å²) < 4.78 is 18.2. The van der Waals surface area contributed by atoms with E-state index in [2.05, 4.69) is 20.8 Å². The molecule has 0 saturated heterocycles. The van der Waals surface area contributed by atoms with Gasteiger partial charge in [0.05, 0.1) is 31.2 Å². The van der Waals surface area contributed by atoms with E-state index in [-0.39, 0.29) is 11.5 Å². The monoisotopic (exact) mass is 925 g/mol. The van der Waals surface area contributed by atoms with Crippen molar-refractivity contribution >= 4 is 23.8 Å². The maximum absolute atomic E-state index is 11.0. The Morgan fingerprint density at radius 1 is 0.328 bits per heavy atom. The van der Waals surface area contributed by atoms with E-state index in [4.69, 9.17) is 24.2 Å². The van der Waals surface area contributed by atoms with E-state index in [0.717, 1.165) is 31.4 Å². The molecule has 0 aliphatic rings. The van der Waals surface area contributed by atoms with E-state index in [1.54, 1.807) is 24.6 Å². The van der Waals surface area contributed by atoms with Crippen molar-refractivity contribution in [3.63, 3.8) is 0 Å². The lowest BCUT2D eigenvalue weighted by Crippen LogP contribution is -1.98. The highest BCUT2D eigenvalue weighted by molar-refractivity contribution is 5.90. The van der Waals surface area contributed by atoms with Crippen LogP contribution in [0.3, 0.4) is 0 Å². The number of aliphatic imine (C=N–C) groups is 2. The molecule has 0 radical (unpaired) electrons. The molecule has 3 aromatic carbocycles. The maximum atomic E-state index is 11.0. The molecule has 0 spiro atoms. The zero-order valence-corrected chi connectivity index (χ0v) is 43.0. The van der Waals surface area contributed by atoms with Crippen LogP contribution >= 0.6 is 0 Å². The predicted molar refractivity (Wildman–Crippen MR) is 288 cm³/mol. The number of hydrogen-bond donors (Lipinski definition) is 2. The number of benzene rings is 3. The fraction of sp³-hybridized carbons (Fsp3) is 0.667. The van der Waals surface area contributed by atoms with Gasteiger partial charge in [-0.2, -0.15) is 0 Å². The lowest BCUT2D eigenvalue weighted by Gasteiger charge is -2.10. The molecule has 0 unspecified atom stereocenters. The van der Waals surface area contributed by atoms with Crippen molar-refractivity contribution in [2.75, 3.05) is 19.8 Å². The zero-order chi connectivity index (χ0) is 47.7. The molecule has 0 heterocycles. The van der Waals surface area contributed by atoms with Gasteiger partial charge in [0.15, 0.2) is 0 Å². The van der Waals surface area contributed by atoms with Crippen molar-refractivity contribution in [2.24, 2.45) is 9.98 Å². The molecule has 2 N–H and O–H groups in total. The highest BCUT2D eigenvalue weighted by Gasteiger charge is 2.08. The summed E-state index contributed by atoms with van der Waals surface area (Å²) in [7, 11) is 0. The molecule has 3 aromatic rings. The molecular formula is C60H96N2O5. The molecule has 7 nitrogen and oxygen atoms in total. The van der Waals surface area contributed by atoms with Gasteiger partial charge >= 0.3 is 0 Å². The van der Waals surface area contributed by atoms with Crippen LogP contribution in [0.1, 0.15) is 250 Å². The minimum Gasteiger partial charge on any atom is -0.507 e. The Bertz CT molecular complexity index is 1710. The first kappa shape index (κ1) is 57.3. The van der Waals surface area contributed by atoms with Crippen molar-refractivity contribution in [1.82, 2.24) is 0 Å². The van der Waals surface area contributed by atoms with Gasteiger partial charge in [-0.25, -0.2) is 0 Å². The summed E-state index contributed by atoms with van der Waals surface area (Å²) >= 11 is 0. The standard InChI is InChI=1S/C60H96N2O5/c1-4-7-10-13-16-19-22-24-27-30-33-36-45-66-55-40-38-52(59(63)48-55)50-61-57-43-42-54(65-44-35-32-29-26-21-18-15-12-9-6-3)47-58(57)62-51-53-39-41-56(49-60(53)64)67-46-37-34-31-28-25-23-20-17-14-11-8-5-2/h38-43,47-51,63-64H,4-37,44-46H2,1-3H3. The van der Waals surface area contributed by atoms with Crippen molar-refractivity contribution in [3.8, 4) is 28.7 Å². The van der Waals surface area contributed by atoms with E-state index >= 15 is 0 Å². The smallest absolute Gasteiger partial charge is 0.128 e. The molecule has 0 atom stereocenters. The Morgan fingerprint density at radius 3 is 0.910 bits per heavy atom.